The van der Waals surface area contributed by atoms with E-state index in [0.29, 0.717) is 15.8 Å². The third kappa shape index (κ3) is 4.64. The number of benzene rings is 2. The zero-order valence-electron chi connectivity index (χ0n) is 14.9. The number of aromatic nitrogens is 2. The van der Waals surface area contributed by atoms with E-state index in [4.69, 9.17) is 23.2 Å². The molecule has 0 spiro atoms. The molecule has 1 heterocycles. The first kappa shape index (κ1) is 19.7. The number of rotatable bonds is 6. The van der Waals surface area contributed by atoms with Crippen LogP contribution < -0.4 is 5.43 Å². The average Bonchev–Trinajstić information content (AvgIpc) is 3.04. The quantitative estimate of drug-likeness (QED) is 0.346. The molecule has 3 aromatic rings. The Kier molecular flexibility index (Phi) is 6.42. The maximum atomic E-state index is 12.2. The minimum absolute atomic E-state index is 0.200. The molecule has 0 aliphatic heterocycles. The molecule has 3 rings (SSSR count). The van der Waals surface area contributed by atoms with Crippen molar-refractivity contribution in [3.05, 3.63) is 58.1 Å². The first-order chi connectivity index (χ1) is 13.0. The Hall–Kier alpha value is -2.02. The highest BCUT2D eigenvalue weighted by molar-refractivity contribution is 7.99. The Morgan fingerprint density at radius 1 is 1.22 bits per heavy atom. The van der Waals surface area contributed by atoms with Crippen LogP contribution in [0.2, 0.25) is 10.0 Å². The molecule has 0 saturated carbocycles. The number of hydrazone groups is 1. The van der Waals surface area contributed by atoms with E-state index in [2.05, 4.69) is 27.0 Å². The highest BCUT2D eigenvalue weighted by Crippen LogP contribution is 2.24. The standard InChI is InChI=1S/C19H18Cl2N4OS/c1-3-25-17-7-5-4-6-16(17)22-19(25)27-11-18(26)24-23-12(2)13-8-9-14(20)15(21)10-13/h4-10H,3,11H2,1-2H3,(H,24,26)/b23-12-. The maximum Gasteiger partial charge on any atom is 0.250 e. The lowest BCUT2D eigenvalue weighted by Crippen LogP contribution is -2.21. The van der Waals surface area contributed by atoms with Gasteiger partial charge in [-0.1, -0.05) is 53.2 Å². The first-order valence-corrected chi connectivity index (χ1v) is 10.1. The lowest BCUT2D eigenvalue weighted by atomic mass is 10.1. The second kappa shape index (κ2) is 8.78. The lowest BCUT2D eigenvalue weighted by Gasteiger charge is -2.06. The summed E-state index contributed by atoms with van der Waals surface area (Å²) in [5.74, 6) is 0.0238. The number of nitrogens with zero attached hydrogens (tertiary/aromatic N) is 3. The van der Waals surface area contributed by atoms with Gasteiger partial charge in [-0.15, -0.1) is 0 Å². The summed E-state index contributed by atoms with van der Waals surface area (Å²) in [5, 5.41) is 5.88. The largest absolute Gasteiger partial charge is 0.319 e. The number of thioether (sulfide) groups is 1. The summed E-state index contributed by atoms with van der Waals surface area (Å²) in [7, 11) is 0. The van der Waals surface area contributed by atoms with Crippen molar-refractivity contribution in [1.29, 1.82) is 0 Å². The van der Waals surface area contributed by atoms with Crippen LogP contribution in [0.25, 0.3) is 11.0 Å². The van der Waals surface area contributed by atoms with Gasteiger partial charge in [0.05, 0.1) is 32.5 Å². The molecule has 0 saturated heterocycles. The van der Waals surface area contributed by atoms with Crippen LogP contribution in [-0.2, 0) is 11.3 Å². The molecular formula is C19H18Cl2N4OS. The molecule has 0 atom stereocenters. The summed E-state index contributed by atoms with van der Waals surface area (Å²) in [6.07, 6.45) is 0. The zero-order chi connectivity index (χ0) is 19.4. The number of aryl methyl sites for hydroxylation is 1. The monoisotopic (exact) mass is 420 g/mol. The van der Waals surface area contributed by atoms with Crippen LogP contribution in [0.1, 0.15) is 19.4 Å². The van der Waals surface area contributed by atoms with Crippen molar-refractivity contribution in [2.45, 2.75) is 25.5 Å². The third-order valence-electron chi connectivity index (χ3n) is 3.95. The molecule has 2 aromatic carbocycles. The minimum atomic E-state index is -0.200. The summed E-state index contributed by atoms with van der Waals surface area (Å²) in [5.41, 5.74) is 6.01. The number of hydrogen-bond donors (Lipinski definition) is 1. The van der Waals surface area contributed by atoms with Crippen molar-refractivity contribution in [2.75, 3.05) is 5.75 Å². The fourth-order valence-corrected chi connectivity index (χ4v) is 3.73. The Morgan fingerprint density at radius 2 is 2.00 bits per heavy atom. The SMILES string of the molecule is CCn1c(SCC(=O)N/N=C(/C)c2ccc(Cl)c(Cl)c2)nc2ccccc21. The van der Waals surface area contributed by atoms with Crippen molar-refractivity contribution < 1.29 is 4.79 Å². The summed E-state index contributed by atoms with van der Waals surface area (Å²) in [4.78, 5) is 16.8. The molecule has 0 unspecified atom stereocenters. The van der Waals surface area contributed by atoms with Gasteiger partial charge in [-0.2, -0.15) is 5.10 Å². The Labute approximate surface area is 171 Å². The van der Waals surface area contributed by atoms with Gasteiger partial charge in [-0.05, 0) is 43.7 Å². The van der Waals surface area contributed by atoms with Crippen molar-refractivity contribution >= 4 is 57.6 Å². The van der Waals surface area contributed by atoms with E-state index in [1.165, 1.54) is 11.8 Å². The van der Waals surface area contributed by atoms with Crippen molar-refractivity contribution in [1.82, 2.24) is 15.0 Å². The number of carbonyl (C=O) groups excluding carboxylic acids is 1. The highest BCUT2D eigenvalue weighted by atomic mass is 35.5. The van der Waals surface area contributed by atoms with Crippen LogP contribution in [0.5, 0.6) is 0 Å². The normalized spacial score (nSPS) is 11.8. The van der Waals surface area contributed by atoms with Gasteiger partial charge in [-0.25, -0.2) is 10.4 Å². The molecule has 1 aromatic heterocycles. The minimum Gasteiger partial charge on any atom is -0.319 e. The predicted octanol–water partition coefficient (Wildman–Crippen LogP) is 5.00. The molecule has 1 N–H and O–H groups in total. The number of para-hydroxylation sites is 2. The summed E-state index contributed by atoms with van der Waals surface area (Å²) < 4.78 is 2.09. The smallest absolute Gasteiger partial charge is 0.250 e. The fraction of sp³-hybridized carbons (Fsp3) is 0.211. The third-order valence-corrected chi connectivity index (χ3v) is 5.67. The second-order valence-corrected chi connectivity index (χ2v) is 7.53. The van der Waals surface area contributed by atoms with Crippen LogP contribution in [0.15, 0.2) is 52.7 Å². The molecule has 0 radical (unpaired) electrons. The Bertz CT molecular complexity index is 1020. The van der Waals surface area contributed by atoms with Gasteiger partial charge in [0, 0.05) is 6.54 Å². The van der Waals surface area contributed by atoms with E-state index in [0.717, 1.165) is 28.3 Å². The van der Waals surface area contributed by atoms with Crippen molar-refractivity contribution in [3.8, 4) is 0 Å². The molecular weight excluding hydrogens is 403 g/mol. The molecule has 0 aliphatic carbocycles. The Balaban J connectivity index is 1.63. The Morgan fingerprint density at radius 3 is 2.74 bits per heavy atom. The van der Waals surface area contributed by atoms with E-state index < -0.39 is 0 Å². The van der Waals surface area contributed by atoms with E-state index >= 15 is 0 Å². The van der Waals surface area contributed by atoms with Crippen LogP contribution in [0.4, 0.5) is 0 Å². The van der Waals surface area contributed by atoms with Gasteiger partial charge >= 0.3 is 0 Å². The van der Waals surface area contributed by atoms with E-state index in [-0.39, 0.29) is 11.7 Å². The molecule has 140 valence electrons. The molecule has 5 nitrogen and oxygen atoms in total. The number of halogens is 2. The summed E-state index contributed by atoms with van der Waals surface area (Å²) in [6, 6.07) is 13.2. The zero-order valence-corrected chi connectivity index (χ0v) is 17.2. The second-order valence-electron chi connectivity index (χ2n) is 5.78. The van der Waals surface area contributed by atoms with Gasteiger partial charge in [0.1, 0.15) is 0 Å². The number of carbonyl (C=O) groups is 1. The van der Waals surface area contributed by atoms with Crippen LogP contribution >= 0.6 is 35.0 Å². The van der Waals surface area contributed by atoms with Gasteiger partial charge in [0.15, 0.2) is 5.16 Å². The first-order valence-electron chi connectivity index (χ1n) is 8.36. The lowest BCUT2D eigenvalue weighted by molar-refractivity contribution is -0.118. The number of amides is 1. The van der Waals surface area contributed by atoms with E-state index in [9.17, 15) is 4.79 Å². The van der Waals surface area contributed by atoms with Gasteiger partial charge in [-0.3, -0.25) is 4.79 Å². The fourth-order valence-electron chi connectivity index (χ4n) is 2.56. The summed E-state index contributed by atoms with van der Waals surface area (Å²) >= 11 is 13.3. The predicted molar refractivity (Wildman–Crippen MR) is 113 cm³/mol. The van der Waals surface area contributed by atoms with Crippen LogP contribution in [-0.4, -0.2) is 26.9 Å². The molecule has 27 heavy (non-hydrogen) atoms. The average molecular weight is 421 g/mol. The number of nitrogens with one attached hydrogen (secondary N) is 1. The number of imidazole rings is 1. The molecule has 8 heteroatoms. The van der Waals surface area contributed by atoms with E-state index in [1.54, 1.807) is 25.1 Å². The van der Waals surface area contributed by atoms with Gasteiger partial charge in [0.2, 0.25) is 0 Å². The molecule has 1 amide bonds. The highest BCUT2D eigenvalue weighted by Gasteiger charge is 2.11. The van der Waals surface area contributed by atoms with Crippen molar-refractivity contribution in [2.24, 2.45) is 5.10 Å². The van der Waals surface area contributed by atoms with E-state index in [1.807, 2.05) is 24.3 Å². The number of hydrogen-bond acceptors (Lipinski definition) is 4. The van der Waals surface area contributed by atoms with Crippen LogP contribution in [0.3, 0.4) is 0 Å². The molecule has 0 bridgehead atoms. The topological polar surface area (TPSA) is 59.3 Å². The molecule has 0 aliphatic rings. The van der Waals surface area contributed by atoms with Crippen LogP contribution in [0, 0.1) is 0 Å². The van der Waals surface area contributed by atoms with Gasteiger partial charge < -0.3 is 4.57 Å². The number of fused-ring (bicyclic) bond motifs is 1. The molecule has 0 fully saturated rings. The maximum absolute atomic E-state index is 12.2. The van der Waals surface area contributed by atoms with Gasteiger partial charge in [0.25, 0.3) is 5.91 Å². The summed E-state index contributed by atoms with van der Waals surface area (Å²) in [6.45, 7) is 4.64. The van der Waals surface area contributed by atoms with Crippen molar-refractivity contribution in [3.63, 3.8) is 0 Å².